The van der Waals surface area contributed by atoms with Gasteiger partial charge in [-0.05, 0) is 12.1 Å². The number of pyridine rings is 1. The zero-order valence-corrected chi connectivity index (χ0v) is 12.8. The Morgan fingerprint density at radius 3 is 3.05 bits per heavy atom. The van der Waals surface area contributed by atoms with Crippen LogP contribution in [0.1, 0.15) is 6.42 Å². The lowest BCUT2D eigenvalue weighted by Crippen LogP contribution is -2.29. The van der Waals surface area contributed by atoms with Crippen molar-refractivity contribution in [3.8, 4) is 17.5 Å². The summed E-state index contributed by atoms with van der Waals surface area (Å²) in [7, 11) is 1.66. The summed E-state index contributed by atoms with van der Waals surface area (Å²) >= 11 is 1.20. The minimum Gasteiger partial charge on any atom is -0.344 e. The fourth-order valence-corrected chi connectivity index (χ4v) is 2.44. The highest BCUT2D eigenvalue weighted by Gasteiger charge is 2.15. The van der Waals surface area contributed by atoms with Crippen molar-refractivity contribution in [2.45, 2.75) is 11.6 Å². The average molecular weight is 317 g/mol. The van der Waals surface area contributed by atoms with Crippen LogP contribution in [0.15, 0.2) is 29.7 Å². The van der Waals surface area contributed by atoms with Crippen LogP contribution < -0.4 is 5.84 Å². The predicted octanol–water partition coefficient (Wildman–Crippen LogP) is 0.518. The molecule has 2 aromatic heterocycles. The van der Waals surface area contributed by atoms with Crippen LogP contribution in [0.2, 0.25) is 0 Å². The minimum atomic E-state index is -0.0915. The number of aromatic nitrogens is 4. The van der Waals surface area contributed by atoms with E-state index >= 15 is 0 Å². The Bertz CT molecular complexity index is 679. The van der Waals surface area contributed by atoms with Gasteiger partial charge in [-0.15, -0.1) is 10.2 Å². The lowest BCUT2D eigenvalue weighted by Gasteiger charge is -2.14. The van der Waals surface area contributed by atoms with Gasteiger partial charge >= 0.3 is 0 Å². The number of carbonyl (C=O) groups excluding carboxylic acids is 1. The molecule has 114 valence electrons. The van der Waals surface area contributed by atoms with Gasteiger partial charge in [0.05, 0.1) is 18.2 Å². The number of nitrogens with two attached hydrogens (primary N) is 1. The Labute approximate surface area is 131 Å². The van der Waals surface area contributed by atoms with Crippen molar-refractivity contribution in [2.75, 3.05) is 25.2 Å². The molecule has 0 aromatic carbocycles. The second-order valence-electron chi connectivity index (χ2n) is 4.43. The third kappa shape index (κ3) is 3.73. The van der Waals surface area contributed by atoms with Gasteiger partial charge in [-0.3, -0.25) is 9.78 Å². The van der Waals surface area contributed by atoms with Crippen LogP contribution in [-0.4, -0.2) is 50.0 Å². The summed E-state index contributed by atoms with van der Waals surface area (Å²) in [6.45, 7) is 0.409. The molecule has 0 spiro atoms. The van der Waals surface area contributed by atoms with Crippen LogP contribution in [0.5, 0.6) is 0 Å². The summed E-state index contributed by atoms with van der Waals surface area (Å²) in [4.78, 5) is 17.4. The van der Waals surface area contributed by atoms with Crippen LogP contribution in [-0.2, 0) is 4.79 Å². The Kier molecular flexibility index (Phi) is 5.32. The first kappa shape index (κ1) is 15.8. The van der Waals surface area contributed by atoms with Crippen LogP contribution in [0.4, 0.5) is 0 Å². The zero-order valence-electron chi connectivity index (χ0n) is 12.0. The SMILES string of the molecule is CN(CCC#N)C(=O)CSc1nnc(-c2cccnc2)n1N. The van der Waals surface area contributed by atoms with Crippen molar-refractivity contribution < 1.29 is 4.79 Å². The van der Waals surface area contributed by atoms with Gasteiger partial charge in [0.15, 0.2) is 5.82 Å². The molecule has 1 amide bonds. The van der Waals surface area contributed by atoms with Gasteiger partial charge in [-0.1, -0.05) is 11.8 Å². The van der Waals surface area contributed by atoms with E-state index in [1.807, 2.05) is 12.1 Å². The van der Waals surface area contributed by atoms with Crippen LogP contribution in [0.25, 0.3) is 11.4 Å². The Morgan fingerprint density at radius 2 is 2.36 bits per heavy atom. The van der Waals surface area contributed by atoms with Crippen LogP contribution in [0, 0.1) is 11.3 Å². The van der Waals surface area contributed by atoms with E-state index in [9.17, 15) is 4.79 Å². The minimum absolute atomic E-state index is 0.0915. The number of carbonyl (C=O) groups is 1. The number of rotatable bonds is 6. The van der Waals surface area contributed by atoms with Gasteiger partial charge in [0.1, 0.15) is 0 Å². The monoisotopic (exact) mass is 317 g/mol. The topological polar surface area (TPSA) is 114 Å². The summed E-state index contributed by atoms with van der Waals surface area (Å²) in [5.74, 6) is 6.53. The van der Waals surface area contributed by atoms with Crippen molar-refractivity contribution in [3.05, 3.63) is 24.5 Å². The van der Waals surface area contributed by atoms with E-state index in [0.717, 1.165) is 5.56 Å². The molecule has 0 saturated heterocycles. The summed E-state index contributed by atoms with van der Waals surface area (Å²) in [5.41, 5.74) is 0.752. The predicted molar refractivity (Wildman–Crippen MR) is 82.0 cm³/mol. The van der Waals surface area contributed by atoms with E-state index in [1.54, 1.807) is 25.5 Å². The molecule has 0 aliphatic carbocycles. The summed E-state index contributed by atoms with van der Waals surface area (Å²) in [6, 6.07) is 5.62. The van der Waals surface area contributed by atoms with Gasteiger partial charge in [0.2, 0.25) is 11.1 Å². The van der Waals surface area contributed by atoms with Crippen LogP contribution in [0.3, 0.4) is 0 Å². The highest BCUT2D eigenvalue weighted by Crippen LogP contribution is 2.20. The van der Waals surface area contributed by atoms with E-state index in [0.29, 0.717) is 23.9 Å². The summed E-state index contributed by atoms with van der Waals surface area (Å²) < 4.78 is 1.34. The number of hydrogen-bond donors (Lipinski definition) is 1. The van der Waals surface area contributed by atoms with Crippen molar-refractivity contribution >= 4 is 17.7 Å². The van der Waals surface area contributed by atoms with Crippen molar-refractivity contribution in [1.82, 2.24) is 24.8 Å². The highest BCUT2D eigenvalue weighted by molar-refractivity contribution is 7.99. The third-order valence-corrected chi connectivity index (χ3v) is 3.82. The fourth-order valence-electron chi connectivity index (χ4n) is 1.65. The van der Waals surface area contributed by atoms with E-state index in [-0.39, 0.29) is 11.7 Å². The molecule has 0 fully saturated rings. The van der Waals surface area contributed by atoms with Gasteiger partial charge in [0.25, 0.3) is 0 Å². The normalized spacial score (nSPS) is 10.2. The summed E-state index contributed by atoms with van der Waals surface area (Å²) in [5, 5.41) is 17.0. The fraction of sp³-hybridized carbons (Fsp3) is 0.308. The first-order valence-electron chi connectivity index (χ1n) is 6.48. The molecule has 0 aliphatic heterocycles. The molecule has 8 nitrogen and oxygen atoms in total. The first-order valence-corrected chi connectivity index (χ1v) is 7.46. The molecular formula is C13H15N7OS. The number of hydrogen-bond acceptors (Lipinski definition) is 7. The van der Waals surface area contributed by atoms with E-state index < -0.39 is 0 Å². The number of nitriles is 1. The molecular weight excluding hydrogens is 302 g/mol. The largest absolute Gasteiger partial charge is 0.344 e. The molecule has 0 aliphatic rings. The van der Waals surface area contributed by atoms with Crippen LogP contribution >= 0.6 is 11.8 Å². The molecule has 0 radical (unpaired) electrons. The van der Waals surface area contributed by atoms with E-state index in [2.05, 4.69) is 15.2 Å². The van der Waals surface area contributed by atoms with Crippen molar-refractivity contribution in [1.29, 1.82) is 5.26 Å². The number of thioether (sulfide) groups is 1. The van der Waals surface area contributed by atoms with Gasteiger partial charge in [-0.2, -0.15) is 5.26 Å². The van der Waals surface area contributed by atoms with E-state index in [4.69, 9.17) is 11.1 Å². The molecule has 0 bridgehead atoms. The van der Waals surface area contributed by atoms with Gasteiger partial charge in [-0.25, -0.2) is 4.68 Å². The zero-order chi connectivity index (χ0) is 15.9. The maximum atomic E-state index is 11.9. The molecule has 2 N–H and O–H groups in total. The molecule has 0 atom stereocenters. The summed E-state index contributed by atoms with van der Waals surface area (Å²) in [6.07, 6.45) is 3.61. The highest BCUT2D eigenvalue weighted by atomic mass is 32.2. The molecule has 9 heteroatoms. The number of nitrogen functional groups attached to an aromatic ring is 1. The van der Waals surface area contributed by atoms with Gasteiger partial charge < -0.3 is 10.7 Å². The maximum Gasteiger partial charge on any atom is 0.232 e. The maximum absolute atomic E-state index is 11.9. The molecule has 0 saturated carbocycles. The molecule has 2 rings (SSSR count). The molecule has 22 heavy (non-hydrogen) atoms. The molecule has 2 heterocycles. The molecule has 2 aromatic rings. The average Bonchev–Trinajstić information content (AvgIpc) is 2.92. The smallest absolute Gasteiger partial charge is 0.232 e. The third-order valence-electron chi connectivity index (χ3n) is 2.89. The Balaban J connectivity index is 1.99. The first-order chi connectivity index (χ1) is 10.6. The standard InChI is InChI=1S/C13H15N7OS/c1-19(7-3-5-14)11(21)9-22-13-18-17-12(20(13)15)10-4-2-6-16-8-10/h2,4,6,8H,3,7,9,15H2,1H3. The second-order valence-corrected chi connectivity index (χ2v) is 5.37. The lowest BCUT2D eigenvalue weighted by atomic mass is 10.3. The van der Waals surface area contributed by atoms with Crippen molar-refractivity contribution in [3.63, 3.8) is 0 Å². The lowest BCUT2D eigenvalue weighted by molar-refractivity contribution is -0.127. The van der Waals surface area contributed by atoms with Crippen molar-refractivity contribution in [2.24, 2.45) is 0 Å². The Morgan fingerprint density at radius 1 is 1.55 bits per heavy atom. The second kappa shape index (κ2) is 7.42. The number of nitrogens with zero attached hydrogens (tertiary/aromatic N) is 6. The van der Waals surface area contributed by atoms with Gasteiger partial charge in [0, 0.05) is 31.5 Å². The number of amides is 1. The quantitative estimate of drug-likeness (QED) is 0.610. The van der Waals surface area contributed by atoms with E-state index in [1.165, 1.54) is 21.3 Å². The Hall–Kier alpha value is -2.60. The molecule has 0 unspecified atom stereocenters.